The minimum atomic E-state index is -3.55. The highest BCUT2D eigenvalue weighted by Gasteiger charge is 2.15. The van der Waals surface area contributed by atoms with E-state index in [0.29, 0.717) is 17.0 Å². The number of nitrogens with one attached hydrogen (secondary N) is 2. The largest absolute Gasteiger partial charge is 0.341 e. The number of fused-ring (bicyclic) bond motifs is 1. The Kier molecular flexibility index (Phi) is 3.73. The first-order valence-electron chi connectivity index (χ1n) is 7.62. The molecule has 4 rings (SSSR count). The van der Waals surface area contributed by atoms with Gasteiger partial charge in [-0.2, -0.15) is 0 Å². The van der Waals surface area contributed by atoms with Crippen LogP contribution in [0.4, 0.5) is 5.69 Å². The molecule has 8 heteroatoms. The van der Waals surface area contributed by atoms with Crippen molar-refractivity contribution in [2.24, 2.45) is 0 Å². The molecular weight excluding hydrogens is 338 g/mol. The fourth-order valence-electron chi connectivity index (χ4n) is 2.59. The van der Waals surface area contributed by atoms with Crippen molar-refractivity contribution < 1.29 is 8.42 Å². The number of para-hydroxylation sites is 1. The molecule has 0 bridgehead atoms. The van der Waals surface area contributed by atoms with E-state index in [1.807, 2.05) is 35.0 Å². The summed E-state index contributed by atoms with van der Waals surface area (Å²) in [6.07, 6.45) is 5.24. The fourth-order valence-corrected chi connectivity index (χ4v) is 3.66. The van der Waals surface area contributed by atoms with E-state index in [9.17, 15) is 8.42 Å². The molecular formula is C17H15N5O2S. The van der Waals surface area contributed by atoms with E-state index < -0.39 is 10.0 Å². The molecule has 0 fully saturated rings. The molecule has 126 valence electrons. The van der Waals surface area contributed by atoms with Crippen LogP contribution in [-0.4, -0.2) is 27.9 Å². The third kappa shape index (κ3) is 3.38. The summed E-state index contributed by atoms with van der Waals surface area (Å²) >= 11 is 0. The van der Waals surface area contributed by atoms with E-state index in [0.717, 1.165) is 11.2 Å². The van der Waals surface area contributed by atoms with Gasteiger partial charge in [0.1, 0.15) is 11.6 Å². The topological polar surface area (TPSA) is 92.7 Å². The lowest BCUT2D eigenvalue weighted by Gasteiger charge is -2.05. The van der Waals surface area contributed by atoms with Crippen LogP contribution < -0.4 is 4.72 Å². The average Bonchev–Trinajstić information content (AvgIpc) is 3.23. The SMILES string of the molecule is O=S(=O)(Cc1nc2ccc(-n3ccnc3)cc2[nH]1)Nc1ccccc1. The van der Waals surface area contributed by atoms with Crippen molar-refractivity contribution in [1.29, 1.82) is 0 Å². The molecule has 0 atom stereocenters. The molecule has 0 spiro atoms. The van der Waals surface area contributed by atoms with Crippen LogP contribution in [0, 0.1) is 0 Å². The summed E-state index contributed by atoms with van der Waals surface area (Å²) in [7, 11) is -3.55. The molecule has 4 aromatic rings. The van der Waals surface area contributed by atoms with E-state index in [2.05, 4.69) is 19.7 Å². The number of aromatic amines is 1. The van der Waals surface area contributed by atoms with E-state index in [1.165, 1.54) is 0 Å². The van der Waals surface area contributed by atoms with E-state index in [1.54, 1.807) is 36.8 Å². The van der Waals surface area contributed by atoms with Crippen molar-refractivity contribution >= 4 is 26.7 Å². The zero-order valence-electron chi connectivity index (χ0n) is 13.1. The molecule has 0 aliphatic heterocycles. The number of hydrogen-bond donors (Lipinski definition) is 2. The van der Waals surface area contributed by atoms with Gasteiger partial charge in [-0.25, -0.2) is 18.4 Å². The lowest BCUT2D eigenvalue weighted by atomic mass is 10.3. The van der Waals surface area contributed by atoms with Gasteiger partial charge in [0, 0.05) is 23.8 Å². The molecule has 2 aromatic carbocycles. The number of nitrogens with zero attached hydrogens (tertiary/aromatic N) is 3. The van der Waals surface area contributed by atoms with Crippen LogP contribution in [0.1, 0.15) is 5.82 Å². The Morgan fingerprint density at radius 1 is 1.12 bits per heavy atom. The van der Waals surface area contributed by atoms with Crippen LogP contribution in [-0.2, 0) is 15.8 Å². The lowest BCUT2D eigenvalue weighted by Crippen LogP contribution is -2.15. The highest BCUT2D eigenvalue weighted by atomic mass is 32.2. The number of aromatic nitrogens is 4. The predicted molar refractivity (Wildman–Crippen MR) is 95.9 cm³/mol. The minimum absolute atomic E-state index is 0.225. The van der Waals surface area contributed by atoms with Crippen molar-refractivity contribution in [3.63, 3.8) is 0 Å². The van der Waals surface area contributed by atoms with Crippen molar-refractivity contribution in [3.05, 3.63) is 73.1 Å². The summed E-state index contributed by atoms with van der Waals surface area (Å²) in [5, 5.41) is 0. The van der Waals surface area contributed by atoms with Gasteiger partial charge in [0.25, 0.3) is 0 Å². The highest BCUT2D eigenvalue weighted by Crippen LogP contribution is 2.18. The Morgan fingerprint density at radius 3 is 2.72 bits per heavy atom. The van der Waals surface area contributed by atoms with Gasteiger partial charge in [-0.3, -0.25) is 4.72 Å². The number of imidazole rings is 2. The van der Waals surface area contributed by atoms with Crippen LogP contribution in [0.3, 0.4) is 0 Å². The van der Waals surface area contributed by atoms with Crippen LogP contribution in [0.25, 0.3) is 16.7 Å². The molecule has 2 aromatic heterocycles. The summed E-state index contributed by atoms with van der Waals surface area (Å²) in [6.45, 7) is 0. The quantitative estimate of drug-likeness (QED) is 0.577. The maximum absolute atomic E-state index is 12.3. The second-order valence-electron chi connectivity index (χ2n) is 5.58. The molecule has 7 nitrogen and oxygen atoms in total. The molecule has 0 saturated carbocycles. The molecule has 0 aliphatic rings. The fraction of sp³-hybridized carbons (Fsp3) is 0.0588. The molecule has 0 saturated heterocycles. The van der Waals surface area contributed by atoms with E-state index in [4.69, 9.17) is 0 Å². The number of rotatable bonds is 5. The highest BCUT2D eigenvalue weighted by molar-refractivity contribution is 7.91. The van der Waals surface area contributed by atoms with Gasteiger partial charge in [0.2, 0.25) is 10.0 Å². The molecule has 2 heterocycles. The van der Waals surface area contributed by atoms with E-state index >= 15 is 0 Å². The van der Waals surface area contributed by atoms with Crippen molar-refractivity contribution in [2.75, 3.05) is 4.72 Å². The summed E-state index contributed by atoms with van der Waals surface area (Å²) in [6, 6.07) is 14.4. The first-order valence-corrected chi connectivity index (χ1v) is 9.27. The van der Waals surface area contributed by atoms with Crippen LogP contribution >= 0.6 is 0 Å². The van der Waals surface area contributed by atoms with Gasteiger partial charge in [-0.05, 0) is 30.3 Å². The Labute approximate surface area is 144 Å². The van der Waals surface area contributed by atoms with Crippen molar-refractivity contribution in [1.82, 2.24) is 19.5 Å². The second-order valence-corrected chi connectivity index (χ2v) is 7.30. The zero-order valence-corrected chi connectivity index (χ0v) is 13.9. The molecule has 2 N–H and O–H groups in total. The van der Waals surface area contributed by atoms with Gasteiger partial charge in [-0.15, -0.1) is 0 Å². The maximum atomic E-state index is 12.3. The first kappa shape index (κ1) is 15.4. The normalized spacial score (nSPS) is 11.7. The number of H-pyrrole nitrogens is 1. The van der Waals surface area contributed by atoms with Crippen molar-refractivity contribution in [2.45, 2.75) is 5.75 Å². The van der Waals surface area contributed by atoms with Gasteiger partial charge < -0.3 is 9.55 Å². The number of hydrogen-bond acceptors (Lipinski definition) is 4. The summed E-state index contributed by atoms with van der Waals surface area (Å²) < 4.78 is 29.0. The van der Waals surface area contributed by atoms with Gasteiger partial charge >= 0.3 is 0 Å². The number of sulfonamides is 1. The first-order chi connectivity index (χ1) is 12.1. The third-order valence-corrected chi connectivity index (χ3v) is 4.89. The van der Waals surface area contributed by atoms with Crippen LogP contribution in [0.2, 0.25) is 0 Å². The molecule has 0 amide bonds. The van der Waals surface area contributed by atoms with Crippen molar-refractivity contribution in [3.8, 4) is 5.69 Å². The molecule has 25 heavy (non-hydrogen) atoms. The average molecular weight is 353 g/mol. The maximum Gasteiger partial charge on any atom is 0.240 e. The number of benzene rings is 2. The summed E-state index contributed by atoms with van der Waals surface area (Å²) in [4.78, 5) is 11.5. The number of anilines is 1. The second kappa shape index (κ2) is 6.06. The zero-order chi connectivity index (χ0) is 17.3. The van der Waals surface area contributed by atoms with Gasteiger partial charge in [-0.1, -0.05) is 18.2 Å². The van der Waals surface area contributed by atoms with Crippen LogP contribution in [0.15, 0.2) is 67.3 Å². The molecule has 0 aliphatic carbocycles. The minimum Gasteiger partial charge on any atom is -0.341 e. The predicted octanol–water partition coefficient (Wildman–Crippen LogP) is 2.69. The standard InChI is InChI=1S/C17H15N5O2S/c23-25(24,21-13-4-2-1-3-5-13)11-17-19-15-7-6-14(10-16(15)20-17)22-9-8-18-12-22/h1-10,12,21H,11H2,(H,19,20). The monoisotopic (exact) mass is 353 g/mol. The Hall–Kier alpha value is -3.13. The summed E-state index contributed by atoms with van der Waals surface area (Å²) in [5.74, 6) is 0.165. The Balaban J connectivity index is 1.59. The smallest absolute Gasteiger partial charge is 0.240 e. The van der Waals surface area contributed by atoms with Crippen LogP contribution in [0.5, 0.6) is 0 Å². The Morgan fingerprint density at radius 2 is 1.96 bits per heavy atom. The molecule has 0 unspecified atom stereocenters. The summed E-state index contributed by atoms with van der Waals surface area (Å²) in [5.41, 5.74) is 2.94. The molecule has 0 radical (unpaired) electrons. The van der Waals surface area contributed by atoms with Gasteiger partial charge in [0.15, 0.2) is 0 Å². The van der Waals surface area contributed by atoms with Gasteiger partial charge in [0.05, 0.1) is 17.4 Å². The Bertz CT molecular complexity index is 1100. The third-order valence-electron chi connectivity index (χ3n) is 3.69. The lowest BCUT2D eigenvalue weighted by molar-refractivity contribution is 0.599. The van der Waals surface area contributed by atoms with E-state index in [-0.39, 0.29) is 5.75 Å².